The highest BCUT2D eigenvalue weighted by molar-refractivity contribution is 6.69. The minimum absolute atomic E-state index is 0.0547. The van der Waals surface area contributed by atoms with Crippen LogP contribution in [-0.4, -0.2) is 39.2 Å². The van der Waals surface area contributed by atoms with Gasteiger partial charge in [-0.05, 0) is 113 Å². The van der Waals surface area contributed by atoms with E-state index in [-0.39, 0.29) is 10.8 Å². The molecule has 5 aromatic carbocycles. The molecule has 236 valence electrons. The van der Waals surface area contributed by atoms with Gasteiger partial charge in [0, 0.05) is 27.8 Å². The second-order valence-electron chi connectivity index (χ2n) is 17.1. The monoisotopic (exact) mass is 629 g/mol. The number of hydrogen-bond donors (Lipinski definition) is 0. The van der Waals surface area contributed by atoms with Gasteiger partial charge in [-0.2, -0.15) is 0 Å². The maximum absolute atomic E-state index is 2.69. The Morgan fingerprint density at radius 2 is 1.08 bits per heavy atom. The Hall–Kier alpha value is -3.78. The summed E-state index contributed by atoms with van der Waals surface area (Å²) in [5.41, 5.74) is 22.9. The minimum Gasteiger partial charge on any atom is -0.311 e. The molecular formula is C43H44B5N. The van der Waals surface area contributed by atoms with E-state index in [1.807, 2.05) is 0 Å². The molecule has 5 aromatic rings. The zero-order chi connectivity index (χ0) is 33.6. The average Bonchev–Trinajstić information content (AvgIpc) is 3.53. The molecule has 11 rings (SSSR count). The maximum atomic E-state index is 2.69. The Labute approximate surface area is 297 Å². The molecule has 6 aliphatic carbocycles. The van der Waals surface area contributed by atoms with E-state index in [2.05, 4.69) is 143 Å². The molecule has 0 saturated heterocycles. The van der Waals surface area contributed by atoms with E-state index in [0.29, 0.717) is 0 Å². The molecule has 0 heterocycles. The van der Waals surface area contributed by atoms with Crippen molar-refractivity contribution in [1.29, 1.82) is 0 Å². The zero-order valence-electron chi connectivity index (χ0n) is 30.4. The third-order valence-electron chi connectivity index (χ3n) is 14.8. The Morgan fingerprint density at radius 1 is 0.531 bits per heavy atom. The molecule has 0 amide bonds. The third-order valence-corrected chi connectivity index (χ3v) is 14.8. The van der Waals surface area contributed by atoms with E-state index in [4.69, 9.17) is 0 Å². The summed E-state index contributed by atoms with van der Waals surface area (Å²) in [4.78, 5) is 2.69. The van der Waals surface area contributed by atoms with Crippen molar-refractivity contribution in [2.75, 3.05) is 4.90 Å². The predicted molar refractivity (Wildman–Crippen MR) is 223 cm³/mol. The van der Waals surface area contributed by atoms with Crippen molar-refractivity contribution < 1.29 is 0 Å². The van der Waals surface area contributed by atoms with Gasteiger partial charge < -0.3 is 4.90 Å². The Kier molecular flexibility index (Phi) is 6.23. The van der Waals surface area contributed by atoms with E-state index < -0.39 is 0 Å². The molecule has 6 aliphatic rings. The van der Waals surface area contributed by atoms with Crippen molar-refractivity contribution in [2.24, 2.45) is 23.7 Å². The first-order chi connectivity index (χ1) is 23.6. The van der Waals surface area contributed by atoms with Crippen LogP contribution in [0, 0.1) is 23.7 Å². The van der Waals surface area contributed by atoms with Crippen molar-refractivity contribution in [3.63, 3.8) is 0 Å². The molecule has 0 atom stereocenters. The standard InChI is InChI=1S/C43H44B5N/c1-42(2)30-10-5-4-9-29(30)35-32(42)12-7-13-34(35)49(41-39(47)37(45)36(44)38(46)40(41)48)26-14-15-28-27-8-3-6-11-31(27)43(33(28)21-26)24-17-22-16-23(19-24)20-25(43)18-22/h3-15,21-25H,16-20,44-48H2,1-2H3. The number of rotatable bonds is 3. The van der Waals surface area contributed by atoms with Gasteiger partial charge in [0.05, 0.1) is 5.69 Å². The third kappa shape index (κ3) is 3.74. The van der Waals surface area contributed by atoms with Crippen molar-refractivity contribution >= 4 is 83.6 Å². The van der Waals surface area contributed by atoms with Crippen molar-refractivity contribution in [3.8, 4) is 22.3 Å². The first-order valence-corrected chi connectivity index (χ1v) is 19.0. The summed E-state index contributed by atoms with van der Waals surface area (Å²) in [6.07, 6.45) is 7.10. The smallest absolute Gasteiger partial charge is 0.141 e. The number of benzene rings is 5. The lowest BCUT2D eigenvalue weighted by atomic mass is 9.43. The van der Waals surface area contributed by atoms with Gasteiger partial charge in [-0.25, -0.2) is 0 Å². The summed E-state index contributed by atoms with van der Waals surface area (Å²) < 4.78 is 0. The van der Waals surface area contributed by atoms with Crippen LogP contribution in [0.15, 0.2) is 84.9 Å². The molecule has 4 saturated carbocycles. The highest BCUT2D eigenvalue weighted by atomic mass is 15.1. The van der Waals surface area contributed by atoms with Crippen molar-refractivity contribution in [1.82, 2.24) is 0 Å². The number of nitrogens with zero attached hydrogens (tertiary/aromatic N) is 1. The molecule has 1 nitrogen and oxygen atoms in total. The lowest BCUT2D eigenvalue weighted by molar-refractivity contribution is -0.0399. The topological polar surface area (TPSA) is 3.24 Å². The molecule has 0 aliphatic heterocycles. The fraction of sp³-hybridized carbons (Fsp3) is 0.302. The molecule has 0 N–H and O–H groups in total. The van der Waals surface area contributed by atoms with Gasteiger partial charge in [0.1, 0.15) is 39.2 Å². The quantitative estimate of drug-likeness (QED) is 0.278. The SMILES string of the molecule is Bc1c(B)c(B)c(N(c2ccc3c(c2)C2(c4ccccc4-3)C3CC4CC(C3)CC2C4)c2cccc3c2-c2ccccc2C3(C)C)c(B)c1B. The van der Waals surface area contributed by atoms with Crippen molar-refractivity contribution in [2.45, 2.75) is 56.8 Å². The molecule has 0 unspecified atom stereocenters. The lowest BCUT2D eigenvalue weighted by Gasteiger charge is -2.61. The average molecular weight is 629 g/mol. The molecule has 6 heteroatoms. The Morgan fingerprint density at radius 3 is 1.76 bits per heavy atom. The molecule has 0 radical (unpaired) electrons. The summed E-state index contributed by atoms with van der Waals surface area (Å²) in [5, 5.41) is 0. The first kappa shape index (κ1) is 30.1. The summed E-state index contributed by atoms with van der Waals surface area (Å²) in [6, 6.07) is 33.4. The van der Waals surface area contributed by atoms with Crippen LogP contribution in [0.5, 0.6) is 0 Å². The number of hydrogen-bond acceptors (Lipinski definition) is 1. The van der Waals surface area contributed by atoms with Crippen LogP contribution in [0.1, 0.15) is 68.2 Å². The van der Waals surface area contributed by atoms with Crippen molar-refractivity contribution in [3.05, 3.63) is 107 Å². The van der Waals surface area contributed by atoms with Gasteiger partial charge in [0.25, 0.3) is 0 Å². The van der Waals surface area contributed by atoms with Gasteiger partial charge in [-0.1, -0.05) is 102 Å². The predicted octanol–water partition coefficient (Wildman–Crippen LogP) is 2.48. The second kappa shape index (κ2) is 10.2. The molecule has 4 bridgehead atoms. The van der Waals surface area contributed by atoms with Gasteiger partial charge >= 0.3 is 0 Å². The fourth-order valence-electron chi connectivity index (χ4n) is 12.4. The van der Waals surface area contributed by atoms with E-state index in [1.165, 1.54) is 110 Å². The van der Waals surface area contributed by atoms with E-state index in [9.17, 15) is 0 Å². The van der Waals surface area contributed by atoms with Gasteiger partial charge in [-0.3, -0.25) is 0 Å². The lowest BCUT2D eigenvalue weighted by Crippen LogP contribution is -2.56. The second-order valence-corrected chi connectivity index (χ2v) is 17.1. The van der Waals surface area contributed by atoms with Gasteiger partial charge in [-0.15, -0.1) is 5.46 Å². The van der Waals surface area contributed by atoms with Crippen LogP contribution in [0.2, 0.25) is 0 Å². The largest absolute Gasteiger partial charge is 0.311 e. The molecule has 49 heavy (non-hydrogen) atoms. The molecule has 0 aromatic heterocycles. The Bertz CT molecular complexity index is 2190. The van der Waals surface area contributed by atoms with E-state index in [1.54, 1.807) is 11.1 Å². The first-order valence-electron chi connectivity index (χ1n) is 19.0. The van der Waals surface area contributed by atoms with Crippen LogP contribution in [0.4, 0.5) is 17.1 Å². The highest BCUT2D eigenvalue weighted by Crippen LogP contribution is 2.69. The van der Waals surface area contributed by atoms with Crippen LogP contribution < -0.4 is 32.2 Å². The van der Waals surface area contributed by atoms with Gasteiger partial charge in [0.15, 0.2) is 0 Å². The molecule has 4 fully saturated rings. The zero-order valence-corrected chi connectivity index (χ0v) is 30.4. The minimum atomic E-state index is -0.0547. The van der Waals surface area contributed by atoms with E-state index in [0.717, 1.165) is 23.7 Å². The number of fused-ring (bicyclic) bond motifs is 6. The maximum Gasteiger partial charge on any atom is 0.141 e. The summed E-state index contributed by atoms with van der Waals surface area (Å²) in [7, 11) is 11.7. The van der Waals surface area contributed by atoms with Crippen LogP contribution >= 0.6 is 0 Å². The highest BCUT2D eigenvalue weighted by Gasteiger charge is 2.61. The van der Waals surface area contributed by atoms with Crippen LogP contribution in [0.25, 0.3) is 22.3 Å². The number of anilines is 3. The summed E-state index contributed by atoms with van der Waals surface area (Å²) in [6.45, 7) is 4.82. The van der Waals surface area contributed by atoms with Crippen LogP contribution in [-0.2, 0) is 10.8 Å². The fourth-order valence-corrected chi connectivity index (χ4v) is 12.4. The van der Waals surface area contributed by atoms with Crippen LogP contribution in [0.3, 0.4) is 0 Å². The molecular weight excluding hydrogens is 585 g/mol. The summed E-state index contributed by atoms with van der Waals surface area (Å²) in [5.74, 6) is 3.36. The summed E-state index contributed by atoms with van der Waals surface area (Å²) >= 11 is 0. The molecule has 1 spiro atoms. The Balaban J connectivity index is 1.27. The normalized spacial score (nSPS) is 26.0. The van der Waals surface area contributed by atoms with E-state index >= 15 is 0 Å². The van der Waals surface area contributed by atoms with Gasteiger partial charge in [0.2, 0.25) is 0 Å².